The highest BCUT2D eigenvalue weighted by molar-refractivity contribution is 7.91. The van der Waals surface area contributed by atoms with Crippen molar-refractivity contribution in [3.8, 4) is 22.9 Å². The Balaban J connectivity index is 1.23. The van der Waals surface area contributed by atoms with E-state index in [0.29, 0.717) is 52.1 Å². The molecule has 1 aromatic heterocycles. The number of nitrogens with zero attached hydrogens (tertiary/aromatic N) is 2. The van der Waals surface area contributed by atoms with E-state index in [0.717, 1.165) is 0 Å². The molecule has 0 atom stereocenters. The molecule has 8 nitrogen and oxygen atoms in total. The van der Waals surface area contributed by atoms with E-state index in [9.17, 15) is 26.4 Å². The summed E-state index contributed by atoms with van der Waals surface area (Å²) >= 11 is 0. The average Bonchev–Trinajstić information content (AvgIpc) is 3.67. The first-order chi connectivity index (χ1) is 21.0. The van der Waals surface area contributed by atoms with Crippen molar-refractivity contribution in [2.45, 2.75) is 43.6 Å². The molecule has 6 rings (SSSR count). The van der Waals surface area contributed by atoms with E-state index < -0.39 is 33.9 Å². The number of aryl methyl sites for hydroxylation is 1. The van der Waals surface area contributed by atoms with Crippen LogP contribution in [0.1, 0.15) is 45.5 Å². The first kappa shape index (κ1) is 29.5. The second-order valence-electron chi connectivity index (χ2n) is 10.9. The van der Waals surface area contributed by atoms with Gasteiger partial charge in [-0.3, -0.25) is 4.79 Å². The van der Waals surface area contributed by atoms with Gasteiger partial charge in [-0.1, -0.05) is 18.2 Å². The molecule has 2 N–H and O–H groups in total. The Bertz CT molecular complexity index is 1920. The summed E-state index contributed by atoms with van der Waals surface area (Å²) in [6.45, 7) is 0.924. The van der Waals surface area contributed by atoms with E-state index in [1.165, 1.54) is 29.1 Å². The molecule has 1 heterocycles. The summed E-state index contributed by atoms with van der Waals surface area (Å²) in [6, 6.07) is 14.2. The summed E-state index contributed by atoms with van der Waals surface area (Å²) in [6.07, 6.45) is 1.63. The first-order valence-corrected chi connectivity index (χ1v) is 15.6. The van der Waals surface area contributed by atoms with Crippen molar-refractivity contribution >= 4 is 27.5 Å². The molecule has 0 spiro atoms. The van der Waals surface area contributed by atoms with Gasteiger partial charge in [0.25, 0.3) is 6.43 Å². The Labute approximate surface area is 251 Å². The van der Waals surface area contributed by atoms with Crippen LogP contribution >= 0.6 is 0 Å². The highest BCUT2D eigenvalue weighted by atomic mass is 32.2. The largest absolute Gasteiger partial charge is 0.487 e. The molecule has 1 saturated carbocycles. The Morgan fingerprint density at radius 1 is 1.11 bits per heavy atom. The van der Waals surface area contributed by atoms with E-state index in [4.69, 9.17) is 15.2 Å². The number of anilines is 1. The zero-order valence-corrected chi connectivity index (χ0v) is 24.4. The Kier molecular flexibility index (Phi) is 7.70. The van der Waals surface area contributed by atoms with Crippen LogP contribution in [-0.4, -0.2) is 42.3 Å². The maximum atomic E-state index is 14.0. The minimum Gasteiger partial charge on any atom is -0.487 e. The number of sulfone groups is 1. The van der Waals surface area contributed by atoms with Crippen molar-refractivity contribution in [3.05, 3.63) is 100 Å². The molecule has 4 aromatic rings. The van der Waals surface area contributed by atoms with Gasteiger partial charge in [-0.25, -0.2) is 26.3 Å². The number of carbonyl (C=O) groups excluding carboxylic acids is 1. The molecule has 228 valence electrons. The fraction of sp³-hybridized carbons (Fsp3) is 0.250. The summed E-state index contributed by atoms with van der Waals surface area (Å²) in [4.78, 5) is 13.6. The number of nitrogens with two attached hydrogens (primary N) is 1. The van der Waals surface area contributed by atoms with Crippen LogP contribution in [-0.2, 0) is 22.0 Å². The van der Waals surface area contributed by atoms with E-state index in [2.05, 4.69) is 5.10 Å². The monoisotopic (exact) mass is 623 g/mol. The predicted octanol–water partition coefficient (Wildman–Crippen LogP) is 6.24. The van der Waals surface area contributed by atoms with Gasteiger partial charge in [0, 0.05) is 17.6 Å². The molecule has 1 fully saturated rings. The number of hydrogen-bond acceptors (Lipinski definition) is 7. The minimum absolute atomic E-state index is 0.0588. The summed E-state index contributed by atoms with van der Waals surface area (Å²) < 4.78 is 77.6. The van der Waals surface area contributed by atoms with Crippen LogP contribution in [0.15, 0.2) is 66.4 Å². The number of benzene rings is 3. The van der Waals surface area contributed by atoms with Gasteiger partial charge in [0.2, 0.25) is 0 Å². The van der Waals surface area contributed by atoms with Crippen LogP contribution in [0, 0.1) is 12.7 Å². The fourth-order valence-electron chi connectivity index (χ4n) is 5.21. The molecule has 0 amide bonds. The lowest BCUT2D eigenvalue weighted by Crippen LogP contribution is -2.13. The summed E-state index contributed by atoms with van der Waals surface area (Å²) in [5.41, 5.74) is 9.81. The highest BCUT2D eigenvalue weighted by Crippen LogP contribution is 2.38. The average molecular weight is 624 g/mol. The van der Waals surface area contributed by atoms with Gasteiger partial charge in [0.15, 0.2) is 27.2 Å². The Morgan fingerprint density at radius 3 is 2.59 bits per heavy atom. The van der Waals surface area contributed by atoms with Crippen molar-refractivity contribution in [3.63, 3.8) is 0 Å². The number of ketones is 1. The van der Waals surface area contributed by atoms with Crippen LogP contribution < -0.4 is 15.2 Å². The van der Waals surface area contributed by atoms with Crippen molar-refractivity contribution in [1.82, 2.24) is 9.78 Å². The molecule has 0 aliphatic heterocycles. The summed E-state index contributed by atoms with van der Waals surface area (Å²) in [5, 5.41) is 3.91. The molecular weight excluding hydrogens is 595 g/mol. The molecule has 2 aliphatic carbocycles. The zero-order valence-electron chi connectivity index (χ0n) is 23.6. The second kappa shape index (κ2) is 11.5. The van der Waals surface area contributed by atoms with Crippen LogP contribution in [0.25, 0.3) is 11.8 Å². The maximum Gasteiger partial charge on any atom is 0.272 e. The van der Waals surface area contributed by atoms with Crippen LogP contribution in [0.5, 0.6) is 17.2 Å². The highest BCUT2D eigenvalue weighted by Gasteiger charge is 2.36. The third-order valence-corrected chi connectivity index (χ3v) is 9.79. The number of nitrogen functional groups attached to an aromatic ring is 1. The van der Waals surface area contributed by atoms with Gasteiger partial charge >= 0.3 is 0 Å². The molecule has 0 radical (unpaired) electrons. The van der Waals surface area contributed by atoms with Gasteiger partial charge in [-0.05, 0) is 78.9 Å². The second-order valence-corrected chi connectivity index (χ2v) is 13.2. The number of hydrogen-bond donors (Lipinski definition) is 1. The molecule has 44 heavy (non-hydrogen) atoms. The number of allylic oxidation sites excluding steroid dienone is 1. The standard InChI is InChI=1S/C32H28F3N3O5S/c1-18-10-23(43-28-5-3-2-4-26(28)33)6-9-27(18)38-32(36)25(15-37-38)31(39)21-11-19-13-22(17-44(40,41)24-7-8-24)29(14-20(19)12-21)42-16-30(34)35/h2-6,9-10,12-15,24,30H,7-8,11,16-17,36H2,1H3. The van der Waals surface area contributed by atoms with Crippen LogP contribution in [0.4, 0.5) is 19.0 Å². The van der Waals surface area contributed by atoms with Crippen molar-refractivity contribution in [2.24, 2.45) is 0 Å². The maximum absolute atomic E-state index is 14.0. The van der Waals surface area contributed by atoms with E-state index >= 15 is 0 Å². The topological polar surface area (TPSA) is 114 Å². The number of ether oxygens (including phenoxy) is 2. The molecule has 0 bridgehead atoms. The molecule has 0 saturated heterocycles. The first-order valence-electron chi connectivity index (χ1n) is 13.9. The molecular formula is C32H28F3N3O5S. The minimum atomic E-state index is -3.45. The zero-order chi connectivity index (χ0) is 31.2. The fourth-order valence-corrected chi connectivity index (χ4v) is 6.96. The van der Waals surface area contributed by atoms with Crippen molar-refractivity contribution < 1.29 is 35.9 Å². The third kappa shape index (κ3) is 5.94. The summed E-state index contributed by atoms with van der Waals surface area (Å²) in [7, 11) is -3.45. The number of rotatable bonds is 11. The van der Waals surface area contributed by atoms with Crippen LogP contribution in [0.2, 0.25) is 0 Å². The van der Waals surface area contributed by atoms with Crippen LogP contribution in [0.3, 0.4) is 0 Å². The number of fused-ring (bicyclic) bond motifs is 1. The van der Waals surface area contributed by atoms with Gasteiger partial charge in [-0.2, -0.15) is 5.10 Å². The van der Waals surface area contributed by atoms with Crippen molar-refractivity contribution in [2.75, 3.05) is 12.3 Å². The summed E-state index contributed by atoms with van der Waals surface area (Å²) in [5.74, 6) is -0.526. The van der Waals surface area contributed by atoms with Gasteiger partial charge < -0.3 is 15.2 Å². The molecule has 3 aromatic carbocycles. The van der Waals surface area contributed by atoms with E-state index in [1.807, 2.05) is 0 Å². The Morgan fingerprint density at radius 2 is 1.89 bits per heavy atom. The van der Waals surface area contributed by atoms with Crippen molar-refractivity contribution in [1.29, 1.82) is 0 Å². The quantitative estimate of drug-likeness (QED) is 0.197. The third-order valence-electron chi connectivity index (χ3n) is 7.59. The van der Waals surface area contributed by atoms with E-state index in [-0.39, 0.29) is 40.8 Å². The number of carbonyl (C=O) groups is 1. The number of halogens is 3. The normalized spacial score (nSPS) is 14.4. The number of para-hydroxylation sites is 1. The Hall–Kier alpha value is -4.58. The lowest BCUT2D eigenvalue weighted by Gasteiger charge is -2.14. The molecule has 0 unspecified atom stereocenters. The number of alkyl halides is 2. The number of Topliss-reactive ketones (excluding diaryl/α,β-unsaturated/α-hetero) is 1. The molecule has 12 heteroatoms. The lowest BCUT2D eigenvalue weighted by molar-refractivity contribution is 0.0815. The van der Waals surface area contributed by atoms with Gasteiger partial charge in [0.1, 0.15) is 23.9 Å². The van der Waals surface area contributed by atoms with Gasteiger partial charge in [-0.15, -0.1) is 0 Å². The predicted molar refractivity (Wildman–Crippen MR) is 159 cm³/mol. The smallest absolute Gasteiger partial charge is 0.272 e. The molecule has 2 aliphatic rings. The van der Waals surface area contributed by atoms with E-state index in [1.54, 1.807) is 49.4 Å². The SMILES string of the molecule is Cc1cc(Oc2ccccc2F)ccc1-n1ncc(C(=O)C2=Cc3cc(OCC(F)F)c(CS(=O)(=O)C4CC4)cc3C2)c1N. The number of aromatic nitrogens is 2. The van der Waals surface area contributed by atoms with Gasteiger partial charge in [0.05, 0.1) is 28.5 Å². The lowest BCUT2D eigenvalue weighted by atomic mass is 10.0.